The molecule has 0 radical (unpaired) electrons. The second-order valence-electron chi connectivity index (χ2n) is 8.20. The summed E-state index contributed by atoms with van der Waals surface area (Å²) in [5, 5.41) is 41.6. The van der Waals surface area contributed by atoms with Crippen LogP contribution in [0.15, 0.2) is 0 Å². The molecule has 4 N–H and O–H groups in total. The number of aliphatic carboxylic acids is 3. The summed E-state index contributed by atoms with van der Waals surface area (Å²) in [7, 11) is 0. The van der Waals surface area contributed by atoms with Crippen molar-refractivity contribution < 1.29 is 34.8 Å². The van der Waals surface area contributed by atoms with E-state index in [1.165, 1.54) is 0 Å². The highest BCUT2D eigenvalue weighted by Crippen LogP contribution is 2.50. The van der Waals surface area contributed by atoms with Crippen molar-refractivity contribution in [3.63, 3.8) is 0 Å². The second-order valence-corrected chi connectivity index (χ2v) is 8.20. The third-order valence-corrected chi connectivity index (χ3v) is 6.26. The summed E-state index contributed by atoms with van der Waals surface area (Å²) in [6.07, 6.45) is 4.52. The molecule has 0 bridgehead atoms. The van der Waals surface area contributed by atoms with Gasteiger partial charge >= 0.3 is 17.9 Å². The Hall–Kier alpha value is -1.63. The molecule has 7 heteroatoms. The van der Waals surface area contributed by atoms with Crippen molar-refractivity contribution in [1.82, 2.24) is 0 Å². The predicted octanol–water partition coefficient (Wildman–Crippen LogP) is 4.56. The lowest BCUT2D eigenvalue weighted by atomic mass is 9.56. The molecule has 0 rings (SSSR count). The first-order chi connectivity index (χ1) is 13.6. The third-order valence-electron chi connectivity index (χ3n) is 6.26. The minimum atomic E-state index is -2.65. The van der Waals surface area contributed by atoms with Gasteiger partial charge in [0.2, 0.25) is 0 Å². The molecule has 4 unspecified atom stereocenters. The molecule has 29 heavy (non-hydrogen) atoms. The van der Waals surface area contributed by atoms with E-state index in [-0.39, 0.29) is 25.2 Å². The van der Waals surface area contributed by atoms with Crippen LogP contribution in [-0.4, -0.2) is 43.9 Å². The van der Waals surface area contributed by atoms with Gasteiger partial charge in [-0.05, 0) is 25.2 Å². The molecule has 0 aromatic rings. The number of unbranched alkanes of at least 4 members (excludes halogenated alkanes) is 3. The minimum Gasteiger partial charge on any atom is -0.481 e. The van der Waals surface area contributed by atoms with Crippen LogP contribution in [0.4, 0.5) is 0 Å². The molecule has 0 heterocycles. The molecule has 0 fully saturated rings. The number of rotatable bonds is 17. The van der Waals surface area contributed by atoms with Gasteiger partial charge in [0.15, 0.2) is 5.60 Å². The van der Waals surface area contributed by atoms with Crippen molar-refractivity contribution in [1.29, 1.82) is 0 Å². The number of carbonyl (C=O) groups is 3. The van der Waals surface area contributed by atoms with Crippen LogP contribution in [0, 0.1) is 17.3 Å². The highest BCUT2D eigenvalue weighted by Gasteiger charge is 2.66. The summed E-state index contributed by atoms with van der Waals surface area (Å²) >= 11 is 0. The summed E-state index contributed by atoms with van der Waals surface area (Å²) in [6, 6.07) is 0. The average molecular weight is 417 g/mol. The van der Waals surface area contributed by atoms with Crippen molar-refractivity contribution in [2.45, 2.75) is 104 Å². The van der Waals surface area contributed by atoms with Gasteiger partial charge in [-0.15, -0.1) is 0 Å². The van der Waals surface area contributed by atoms with Crippen LogP contribution in [-0.2, 0) is 14.4 Å². The van der Waals surface area contributed by atoms with Gasteiger partial charge in [-0.1, -0.05) is 79.1 Å². The second kappa shape index (κ2) is 12.8. The molecule has 0 saturated heterocycles. The molecule has 0 aliphatic rings. The van der Waals surface area contributed by atoms with Crippen LogP contribution in [0.5, 0.6) is 0 Å². The van der Waals surface area contributed by atoms with Crippen molar-refractivity contribution in [2.24, 2.45) is 17.3 Å². The van der Waals surface area contributed by atoms with E-state index in [1.54, 1.807) is 0 Å². The van der Waals surface area contributed by atoms with Gasteiger partial charge in [0.1, 0.15) is 5.41 Å². The third kappa shape index (κ3) is 6.43. The maximum absolute atomic E-state index is 12.7. The van der Waals surface area contributed by atoms with Gasteiger partial charge in [-0.25, -0.2) is 4.79 Å². The fourth-order valence-electron chi connectivity index (χ4n) is 4.35. The molecule has 7 nitrogen and oxygen atoms in total. The lowest BCUT2D eigenvalue weighted by Crippen LogP contribution is -2.63. The van der Waals surface area contributed by atoms with E-state index in [4.69, 9.17) is 0 Å². The van der Waals surface area contributed by atoms with Crippen LogP contribution < -0.4 is 0 Å². The van der Waals surface area contributed by atoms with Gasteiger partial charge in [-0.2, -0.15) is 0 Å². The lowest BCUT2D eigenvalue weighted by molar-refractivity contribution is -0.207. The molecule has 0 aromatic heterocycles. The summed E-state index contributed by atoms with van der Waals surface area (Å²) in [5.41, 5.74) is -4.94. The van der Waals surface area contributed by atoms with Crippen molar-refractivity contribution >= 4 is 17.9 Å². The van der Waals surface area contributed by atoms with Crippen molar-refractivity contribution in [2.75, 3.05) is 0 Å². The average Bonchev–Trinajstić information content (AvgIpc) is 2.67. The molecule has 0 saturated carbocycles. The number of hydrogen-bond donors (Lipinski definition) is 4. The standard InChI is InChI=1S/C22H40O7/c1-5-9-12-16(8-4)15-21(19(25)26,17(18(23)24)13-10-6-2)22(29,20(27)28)14-11-7-3/h16-17,29H,5-15H2,1-4H3,(H,23,24)(H,25,26)(H,27,28). The fraction of sp³-hybridized carbons (Fsp3) is 0.864. The fourth-order valence-corrected chi connectivity index (χ4v) is 4.35. The van der Waals surface area contributed by atoms with E-state index in [9.17, 15) is 34.8 Å². The Balaban J connectivity index is 6.69. The Labute approximate surface area is 174 Å². The number of hydrogen-bond acceptors (Lipinski definition) is 4. The summed E-state index contributed by atoms with van der Waals surface area (Å²) in [6.45, 7) is 7.57. The molecule has 170 valence electrons. The van der Waals surface area contributed by atoms with E-state index in [0.717, 1.165) is 12.8 Å². The molecule has 4 atom stereocenters. The maximum atomic E-state index is 12.7. The first-order valence-corrected chi connectivity index (χ1v) is 11.0. The number of carboxylic acid groups (broad SMARTS) is 3. The van der Waals surface area contributed by atoms with Crippen molar-refractivity contribution in [3.8, 4) is 0 Å². The van der Waals surface area contributed by atoms with Crippen LogP contribution in [0.2, 0.25) is 0 Å². The highest BCUT2D eigenvalue weighted by atomic mass is 16.4. The molecule has 0 aliphatic heterocycles. The van der Waals surface area contributed by atoms with E-state index in [0.29, 0.717) is 38.5 Å². The molecule has 0 aliphatic carbocycles. The highest BCUT2D eigenvalue weighted by molar-refractivity contribution is 5.92. The first kappa shape index (κ1) is 27.4. The van der Waals surface area contributed by atoms with Gasteiger partial charge in [0.05, 0.1) is 5.92 Å². The van der Waals surface area contributed by atoms with E-state index in [1.807, 2.05) is 27.7 Å². The first-order valence-electron chi connectivity index (χ1n) is 11.0. The molecular weight excluding hydrogens is 376 g/mol. The van der Waals surface area contributed by atoms with Gasteiger partial charge in [-0.3, -0.25) is 9.59 Å². The largest absolute Gasteiger partial charge is 0.481 e. The number of aliphatic hydroxyl groups is 1. The molecule has 0 amide bonds. The van der Waals surface area contributed by atoms with Crippen LogP contribution in [0.3, 0.4) is 0 Å². The summed E-state index contributed by atoms with van der Waals surface area (Å²) in [4.78, 5) is 37.2. The Kier molecular flexibility index (Phi) is 12.1. The van der Waals surface area contributed by atoms with Crippen LogP contribution >= 0.6 is 0 Å². The van der Waals surface area contributed by atoms with E-state index in [2.05, 4.69) is 0 Å². The Morgan fingerprint density at radius 1 is 0.793 bits per heavy atom. The lowest BCUT2D eigenvalue weighted by Gasteiger charge is -2.46. The summed E-state index contributed by atoms with van der Waals surface area (Å²) in [5.74, 6) is -6.20. The summed E-state index contributed by atoms with van der Waals surface area (Å²) < 4.78 is 0. The number of carboxylic acids is 3. The van der Waals surface area contributed by atoms with Crippen molar-refractivity contribution in [3.05, 3.63) is 0 Å². The minimum absolute atomic E-state index is 0.0179. The van der Waals surface area contributed by atoms with Crippen LogP contribution in [0.1, 0.15) is 98.3 Å². The predicted molar refractivity (Wildman–Crippen MR) is 111 cm³/mol. The smallest absolute Gasteiger partial charge is 0.336 e. The molecule has 0 aromatic carbocycles. The van der Waals surface area contributed by atoms with Gasteiger partial charge in [0.25, 0.3) is 0 Å². The van der Waals surface area contributed by atoms with Gasteiger partial charge < -0.3 is 20.4 Å². The Morgan fingerprint density at radius 2 is 1.31 bits per heavy atom. The SMILES string of the molecule is CCCCC(CC)CC(C(=O)O)(C(CCCC)C(=O)O)C(O)(CCCC)C(=O)O. The zero-order valence-corrected chi connectivity index (χ0v) is 18.4. The van der Waals surface area contributed by atoms with Gasteiger partial charge in [0, 0.05) is 0 Å². The van der Waals surface area contributed by atoms with E-state index < -0.39 is 34.8 Å². The zero-order chi connectivity index (χ0) is 22.7. The Bertz CT molecular complexity index is 533. The van der Waals surface area contributed by atoms with Crippen LogP contribution in [0.25, 0.3) is 0 Å². The quantitative estimate of drug-likeness (QED) is 0.273. The normalized spacial score (nSPS) is 17.7. The molecular formula is C22H40O7. The van der Waals surface area contributed by atoms with E-state index >= 15 is 0 Å². The molecule has 0 spiro atoms. The Morgan fingerprint density at radius 3 is 1.69 bits per heavy atom. The monoisotopic (exact) mass is 416 g/mol. The maximum Gasteiger partial charge on any atom is 0.336 e. The zero-order valence-electron chi connectivity index (χ0n) is 18.4. The topological polar surface area (TPSA) is 132 Å².